The minimum absolute atomic E-state index is 0.167. The maximum absolute atomic E-state index is 6.24. The first-order chi connectivity index (χ1) is 8.74. The third kappa shape index (κ3) is 3.68. The van der Waals surface area contributed by atoms with E-state index in [4.69, 9.17) is 9.47 Å². The van der Waals surface area contributed by atoms with Crippen LogP contribution in [0, 0.1) is 5.92 Å². The van der Waals surface area contributed by atoms with Gasteiger partial charge in [0.1, 0.15) is 0 Å². The number of alkyl halides is 1. The van der Waals surface area contributed by atoms with Crippen molar-refractivity contribution in [3.63, 3.8) is 0 Å². The molecule has 0 amide bonds. The van der Waals surface area contributed by atoms with E-state index in [1.165, 1.54) is 5.56 Å². The molecule has 0 N–H and O–H groups in total. The molecule has 1 heterocycles. The second-order valence-electron chi connectivity index (χ2n) is 5.10. The van der Waals surface area contributed by atoms with Crippen LogP contribution >= 0.6 is 22.6 Å². The zero-order valence-electron chi connectivity index (χ0n) is 10.9. The molecule has 2 nitrogen and oxygen atoms in total. The molecule has 0 bridgehead atoms. The second-order valence-corrected chi connectivity index (χ2v) is 5.86. The first-order valence-corrected chi connectivity index (χ1v) is 8.10. The normalized spacial score (nSPS) is 20.6. The van der Waals surface area contributed by atoms with Crippen LogP contribution in [-0.2, 0) is 15.1 Å². The molecule has 1 aliphatic rings. The SMILES string of the molecule is CC(CI)(OCC1CCOCC1)c1ccccc1. The van der Waals surface area contributed by atoms with E-state index >= 15 is 0 Å². The Morgan fingerprint density at radius 2 is 1.94 bits per heavy atom. The summed E-state index contributed by atoms with van der Waals surface area (Å²) in [5.74, 6) is 0.657. The Morgan fingerprint density at radius 3 is 2.56 bits per heavy atom. The van der Waals surface area contributed by atoms with Gasteiger partial charge >= 0.3 is 0 Å². The highest BCUT2D eigenvalue weighted by molar-refractivity contribution is 14.1. The van der Waals surface area contributed by atoms with E-state index in [1.54, 1.807) is 0 Å². The van der Waals surface area contributed by atoms with Crippen molar-refractivity contribution in [1.82, 2.24) is 0 Å². The highest BCUT2D eigenvalue weighted by Gasteiger charge is 2.27. The summed E-state index contributed by atoms with van der Waals surface area (Å²) in [6, 6.07) is 10.5. The van der Waals surface area contributed by atoms with Gasteiger partial charge in [-0.05, 0) is 31.2 Å². The lowest BCUT2D eigenvalue weighted by Gasteiger charge is -2.32. The Morgan fingerprint density at radius 1 is 1.28 bits per heavy atom. The van der Waals surface area contributed by atoms with Crippen LogP contribution in [0.25, 0.3) is 0 Å². The van der Waals surface area contributed by atoms with E-state index in [9.17, 15) is 0 Å². The van der Waals surface area contributed by atoms with Crippen LogP contribution in [0.2, 0.25) is 0 Å². The lowest BCUT2D eigenvalue weighted by atomic mass is 9.97. The zero-order valence-corrected chi connectivity index (χ0v) is 13.1. The Balaban J connectivity index is 1.95. The van der Waals surface area contributed by atoms with Gasteiger partial charge in [-0.3, -0.25) is 0 Å². The van der Waals surface area contributed by atoms with Gasteiger partial charge < -0.3 is 9.47 Å². The van der Waals surface area contributed by atoms with E-state index in [0.717, 1.165) is 37.1 Å². The molecule has 0 spiro atoms. The van der Waals surface area contributed by atoms with Gasteiger partial charge in [0.15, 0.2) is 0 Å². The van der Waals surface area contributed by atoms with E-state index in [2.05, 4.69) is 59.8 Å². The molecule has 1 aromatic carbocycles. The summed E-state index contributed by atoms with van der Waals surface area (Å²) in [7, 11) is 0. The van der Waals surface area contributed by atoms with Gasteiger partial charge in [-0.15, -0.1) is 0 Å². The third-order valence-corrected chi connectivity index (χ3v) is 5.07. The predicted octanol–water partition coefficient (Wildman–Crippen LogP) is 3.78. The van der Waals surface area contributed by atoms with Crippen molar-refractivity contribution in [2.75, 3.05) is 24.2 Å². The maximum Gasteiger partial charge on any atom is 0.0992 e. The van der Waals surface area contributed by atoms with E-state index in [1.807, 2.05) is 0 Å². The Labute approximate surface area is 123 Å². The van der Waals surface area contributed by atoms with Gasteiger partial charge in [-0.1, -0.05) is 52.9 Å². The highest BCUT2D eigenvalue weighted by atomic mass is 127. The number of hydrogen-bond donors (Lipinski definition) is 0. The molecule has 100 valence electrons. The maximum atomic E-state index is 6.24. The van der Waals surface area contributed by atoms with Crippen molar-refractivity contribution in [1.29, 1.82) is 0 Å². The van der Waals surface area contributed by atoms with Crippen LogP contribution in [-0.4, -0.2) is 24.2 Å². The molecular weight excluding hydrogens is 339 g/mol. The van der Waals surface area contributed by atoms with Gasteiger partial charge in [-0.25, -0.2) is 0 Å². The van der Waals surface area contributed by atoms with Crippen LogP contribution in [0.4, 0.5) is 0 Å². The molecule has 1 saturated heterocycles. The fourth-order valence-corrected chi connectivity index (χ4v) is 2.87. The van der Waals surface area contributed by atoms with Gasteiger partial charge in [0.2, 0.25) is 0 Å². The quantitative estimate of drug-likeness (QED) is 0.588. The minimum Gasteiger partial charge on any atom is -0.381 e. The topological polar surface area (TPSA) is 18.5 Å². The second kappa shape index (κ2) is 6.87. The molecule has 18 heavy (non-hydrogen) atoms. The average Bonchev–Trinajstić information content (AvgIpc) is 2.47. The summed E-state index contributed by atoms with van der Waals surface area (Å²) >= 11 is 2.41. The molecule has 1 fully saturated rings. The van der Waals surface area contributed by atoms with Crippen molar-refractivity contribution in [2.45, 2.75) is 25.4 Å². The zero-order chi connectivity index (χ0) is 12.8. The number of ether oxygens (including phenoxy) is 2. The predicted molar refractivity (Wildman–Crippen MR) is 82.2 cm³/mol. The smallest absolute Gasteiger partial charge is 0.0992 e. The highest BCUT2D eigenvalue weighted by Crippen LogP contribution is 2.29. The fraction of sp³-hybridized carbons (Fsp3) is 0.600. The number of hydrogen-bond acceptors (Lipinski definition) is 2. The van der Waals surface area contributed by atoms with E-state index in [-0.39, 0.29) is 5.60 Å². The minimum atomic E-state index is -0.167. The van der Waals surface area contributed by atoms with Gasteiger partial charge in [-0.2, -0.15) is 0 Å². The standard InChI is InChI=1S/C15H21IO2/c1-15(12-16,14-5-3-2-4-6-14)18-11-13-7-9-17-10-8-13/h2-6,13H,7-12H2,1H3. The van der Waals surface area contributed by atoms with Gasteiger partial charge in [0.25, 0.3) is 0 Å². The van der Waals surface area contributed by atoms with Crippen molar-refractivity contribution in [3.8, 4) is 0 Å². The Bertz CT molecular complexity index is 349. The first-order valence-electron chi connectivity index (χ1n) is 6.58. The molecule has 0 saturated carbocycles. The van der Waals surface area contributed by atoms with Crippen molar-refractivity contribution in [2.24, 2.45) is 5.92 Å². The molecule has 1 atom stereocenters. The van der Waals surface area contributed by atoms with E-state index < -0.39 is 0 Å². The number of halogens is 1. The first kappa shape index (κ1) is 14.3. The molecule has 1 aromatic rings. The van der Waals surface area contributed by atoms with Crippen molar-refractivity contribution >= 4 is 22.6 Å². The summed E-state index contributed by atoms with van der Waals surface area (Å²) in [6.07, 6.45) is 2.26. The summed E-state index contributed by atoms with van der Waals surface area (Å²) in [5, 5.41) is 0. The molecule has 0 radical (unpaired) electrons. The van der Waals surface area contributed by atoms with Crippen molar-refractivity contribution in [3.05, 3.63) is 35.9 Å². The monoisotopic (exact) mass is 360 g/mol. The van der Waals surface area contributed by atoms with Crippen LogP contribution in [0.5, 0.6) is 0 Å². The van der Waals surface area contributed by atoms with E-state index in [0.29, 0.717) is 5.92 Å². The van der Waals surface area contributed by atoms with Crippen LogP contribution in [0.1, 0.15) is 25.3 Å². The molecule has 0 aromatic heterocycles. The van der Waals surface area contributed by atoms with Gasteiger partial charge in [0, 0.05) is 17.6 Å². The Hall–Kier alpha value is -0.130. The third-order valence-electron chi connectivity index (χ3n) is 3.62. The number of benzene rings is 1. The molecule has 2 rings (SSSR count). The average molecular weight is 360 g/mol. The lowest BCUT2D eigenvalue weighted by Crippen LogP contribution is -2.31. The van der Waals surface area contributed by atoms with Crippen LogP contribution in [0.3, 0.4) is 0 Å². The molecule has 1 aliphatic heterocycles. The summed E-state index contributed by atoms with van der Waals surface area (Å²) < 4.78 is 12.6. The lowest BCUT2D eigenvalue weighted by molar-refractivity contribution is -0.0545. The van der Waals surface area contributed by atoms with Crippen molar-refractivity contribution < 1.29 is 9.47 Å². The summed E-state index contributed by atoms with van der Waals surface area (Å²) in [6.45, 7) is 4.81. The fourth-order valence-electron chi connectivity index (χ4n) is 2.20. The largest absolute Gasteiger partial charge is 0.381 e. The number of rotatable bonds is 5. The molecular formula is C15H21IO2. The molecule has 0 aliphatic carbocycles. The van der Waals surface area contributed by atoms with Gasteiger partial charge in [0.05, 0.1) is 12.2 Å². The molecule has 1 unspecified atom stereocenters. The molecule has 3 heteroatoms. The Kier molecular flexibility index (Phi) is 5.45. The van der Waals surface area contributed by atoms with Crippen LogP contribution in [0.15, 0.2) is 30.3 Å². The summed E-state index contributed by atoms with van der Waals surface area (Å²) in [4.78, 5) is 0. The van der Waals surface area contributed by atoms with Crippen LogP contribution < -0.4 is 0 Å². The summed E-state index contributed by atoms with van der Waals surface area (Å²) in [5.41, 5.74) is 1.10.